The van der Waals surface area contributed by atoms with Gasteiger partial charge in [0.1, 0.15) is 0 Å². The third kappa shape index (κ3) is 3.34. The van der Waals surface area contributed by atoms with Gasteiger partial charge < -0.3 is 5.32 Å². The minimum Gasteiger partial charge on any atom is -0.309 e. The summed E-state index contributed by atoms with van der Waals surface area (Å²) in [6.07, 6.45) is 1.41. The van der Waals surface area contributed by atoms with E-state index in [-0.39, 0.29) is 22.7 Å². The zero-order chi connectivity index (χ0) is 14.8. The maximum absolute atomic E-state index is 11.7. The monoisotopic (exact) mass is 298 g/mol. The quantitative estimate of drug-likeness (QED) is 0.661. The highest BCUT2D eigenvalue weighted by molar-refractivity contribution is 7.92. The topological polar surface area (TPSA) is 89.3 Å². The smallest absolute Gasteiger partial charge is 0.269 e. The molecule has 1 saturated heterocycles. The molecule has 20 heavy (non-hydrogen) atoms. The van der Waals surface area contributed by atoms with Gasteiger partial charge in [-0.2, -0.15) is 0 Å². The van der Waals surface area contributed by atoms with Crippen LogP contribution in [0.5, 0.6) is 0 Å². The summed E-state index contributed by atoms with van der Waals surface area (Å²) in [5, 5.41) is 13.6. The van der Waals surface area contributed by atoms with Crippen molar-refractivity contribution in [2.24, 2.45) is 0 Å². The van der Waals surface area contributed by atoms with Crippen LogP contribution in [0.25, 0.3) is 0 Å². The highest BCUT2D eigenvalue weighted by Crippen LogP contribution is 2.22. The molecule has 1 aromatic carbocycles. The molecule has 110 valence electrons. The first-order chi connectivity index (χ1) is 9.40. The standard InChI is InChI=1S/C13H18N2O4S/c1-10(11-4-2-5-12(8-11)15(16)17)14-9-13-6-3-7-20(13,18)19/h2,4-5,8,10,13-14H,3,6-7,9H2,1H3. The zero-order valence-corrected chi connectivity index (χ0v) is 12.1. The van der Waals surface area contributed by atoms with E-state index in [0.29, 0.717) is 13.0 Å². The van der Waals surface area contributed by atoms with E-state index in [1.165, 1.54) is 12.1 Å². The normalized spacial score (nSPS) is 22.6. The van der Waals surface area contributed by atoms with Crippen molar-refractivity contribution in [2.45, 2.75) is 31.1 Å². The van der Waals surface area contributed by atoms with E-state index >= 15 is 0 Å². The number of nitrogens with zero attached hydrogens (tertiary/aromatic N) is 1. The summed E-state index contributed by atoms with van der Waals surface area (Å²) < 4.78 is 23.4. The molecule has 1 aliphatic heterocycles. The number of nitro groups is 1. The van der Waals surface area contributed by atoms with E-state index < -0.39 is 14.8 Å². The summed E-state index contributed by atoms with van der Waals surface area (Å²) in [4.78, 5) is 10.3. The number of sulfone groups is 1. The van der Waals surface area contributed by atoms with Crippen molar-refractivity contribution >= 4 is 15.5 Å². The maximum atomic E-state index is 11.7. The van der Waals surface area contributed by atoms with Crippen molar-refractivity contribution in [3.63, 3.8) is 0 Å². The lowest BCUT2D eigenvalue weighted by Gasteiger charge is -2.17. The molecule has 2 unspecified atom stereocenters. The van der Waals surface area contributed by atoms with Crippen molar-refractivity contribution in [1.82, 2.24) is 5.32 Å². The first kappa shape index (κ1) is 14.9. The molecule has 2 atom stereocenters. The Balaban J connectivity index is 2.00. The number of hydrogen-bond donors (Lipinski definition) is 1. The van der Waals surface area contributed by atoms with E-state index in [4.69, 9.17) is 0 Å². The van der Waals surface area contributed by atoms with Gasteiger partial charge >= 0.3 is 0 Å². The Morgan fingerprint density at radius 2 is 2.25 bits per heavy atom. The molecular weight excluding hydrogens is 280 g/mol. The highest BCUT2D eigenvalue weighted by atomic mass is 32.2. The van der Waals surface area contributed by atoms with E-state index in [9.17, 15) is 18.5 Å². The Morgan fingerprint density at radius 3 is 2.85 bits per heavy atom. The second-order valence-electron chi connectivity index (χ2n) is 5.11. The van der Waals surface area contributed by atoms with Gasteiger partial charge in [-0.05, 0) is 25.3 Å². The molecule has 1 aliphatic rings. The predicted molar refractivity (Wildman–Crippen MR) is 76.3 cm³/mol. The largest absolute Gasteiger partial charge is 0.309 e. The van der Waals surface area contributed by atoms with Crippen LogP contribution in [0.3, 0.4) is 0 Å². The fraction of sp³-hybridized carbons (Fsp3) is 0.538. The summed E-state index contributed by atoms with van der Waals surface area (Å²) >= 11 is 0. The second kappa shape index (κ2) is 5.88. The molecule has 0 radical (unpaired) electrons. The predicted octanol–water partition coefficient (Wildman–Crippen LogP) is 1.82. The Kier molecular flexibility index (Phi) is 4.39. The van der Waals surface area contributed by atoms with Crippen LogP contribution in [0.15, 0.2) is 24.3 Å². The number of rotatable bonds is 5. The summed E-state index contributed by atoms with van der Waals surface area (Å²) in [5.74, 6) is 0.268. The van der Waals surface area contributed by atoms with Gasteiger partial charge in [-0.15, -0.1) is 0 Å². The van der Waals surface area contributed by atoms with Gasteiger partial charge in [0, 0.05) is 24.7 Å². The zero-order valence-electron chi connectivity index (χ0n) is 11.3. The Labute approximate surface area is 118 Å². The Bertz CT molecular complexity index is 600. The first-order valence-corrected chi connectivity index (χ1v) is 8.31. The lowest BCUT2D eigenvalue weighted by molar-refractivity contribution is -0.384. The van der Waals surface area contributed by atoms with Crippen LogP contribution in [-0.4, -0.2) is 30.9 Å². The summed E-state index contributed by atoms with van der Waals surface area (Å²) in [7, 11) is -2.96. The molecule has 0 bridgehead atoms. The van der Waals surface area contributed by atoms with Gasteiger partial charge in [-0.3, -0.25) is 10.1 Å². The van der Waals surface area contributed by atoms with E-state index in [1.807, 2.05) is 6.92 Å². The fourth-order valence-electron chi connectivity index (χ4n) is 2.42. The van der Waals surface area contributed by atoms with Crippen LogP contribution >= 0.6 is 0 Å². The Hall–Kier alpha value is -1.47. The van der Waals surface area contributed by atoms with Gasteiger partial charge in [0.05, 0.1) is 15.9 Å². The van der Waals surface area contributed by atoms with Crippen LogP contribution in [0, 0.1) is 10.1 Å². The van der Waals surface area contributed by atoms with Gasteiger partial charge in [-0.1, -0.05) is 12.1 Å². The summed E-state index contributed by atoms with van der Waals surface area (Å²) in [6.45, 7) is 2.27. The van der Waals surface area contributed by atoms with Crippen molar-refractivity contribution in [2.75, 3.05) is 12.3 Å². The van der Waals surface area contributed by atoms with Crippen molar-refractivity contribution in [3.05, 3.63) is 39.9 Å². The molecule has 1 N–H and O–H groups in total. The third-order valence-electron chi connectivity index (χ3n) is 3.70. The molecule has 0 saturated carbocycles. The van der Waals surface area contributed by atoms with Crippen LogP contribution in [0.1, 0.15) is 31.4 Å². The van der Waals surface area contributed by atoms with E-state index in [1.54, 1.807) is 12.1 Å². The molecule has 0 aliphatic carbocycles. The number of non-ortho nitro benzene ring substituents is 1. The van der Waals surface area contributed by atoms with Gasteiger partial charge in [-0.25, -0.2) is 8.42 Å². The maximum Gasteiger partial charge on any atom is 0.269 e. The van der Waals surface area contributed by atoms with Crippen molar-refractivity contribution < 1.29 is 13.3 Å². The molecule has 1 heterocycles. The lowest BCUT2D eigenvalue weighted by atomic mass is 10.1. The van der Waals surface area contributed by atoms with Crippen LogP contribution in [-0.2, 0) is 9.84 Å². The molecule has 2 rings (SSSR count). The number of benzene rings is 1. The average Bonchev–Trinajstić information content (AvgIpc) is 2.75. The minimum absolute atomic E-state index is 0.0460. The van der Waals surface area contributed by atoms with Gasteiger partial charge in [0.2, 0.25) is 0 Å². The van der Waals surface area contributed by atoms with Crippen molar-refractivity contribution in [3.8, 4) is 0 Å². The molecule has 1 fully saturated rings. The number of nitro benzene ring substituents is 1. The van der Waals surface area contributed by atoms with Crippen LogP contribution < -0.4 is 5.32 Å². The van der Waals surface area contributed by atoms with Crippen molar-refractivity contribution in [1.29, 1.82) is 0 Å². The highest BCUT2D eigenvalue weighted by Gasteiger charge is 2.31. The first-order valence-electron chi connectivity index (χ1n) is 6.59. The summed E-state index contributed by atoms with van der Waals surface area (Å²) in [6, 6.07) is 6.27. The molecule has 1 aromatic rings. The van der Waals surface area contributed by atoms with Gasteiger partial charge in [0.25, 0.3) is 5.69 Å². The molecule has 0 amide bonds. The second-order valence-corrected chi connectivity index (χ2v) is 7.51. The van der Waals surface area contributed by atoms with Gasteiger partial charge in [0.15, 0.2) is 9.84 Å². The molecule has 6 nitrogen and oxygen atoms in total. The molecule has 7 heteroatoms. The Morgan fingerprint density at radius 1 is 1.50 bits per heavy atom. The van der Waals surface area contributed by atoms with Crippen LogP contribution in [0.2, 0.25) is 0 Å². The number of nitrogens with one attached hydrogen (secondary N) is 1. The van der Waals surface area contributed by atoms with E-state index in [2.05, 4.69) is 5.32 Å². The minimum atomic E-state index is -2.96. The summed E-state index contributed by atoms with van der Waals surface area (Å²) in [5.41, 5.74) is 0.833. The SMILES string of the molecule is CC(NCC1CCCS1(=O)=O)c1cccc([N+](=O)[O-])c1. The fourth-order valence-corrected chi connectivity index (χ4v) is 4.20. The average molecular weight is 298 g/mol. The third-order valence-corrected chi connectivity index (χ3v) is 5.97. The van der Waals surface area contributed by atoms with E-state index in [0.717, 1.165) is 12.0 Å². The number of hydrogen-bond acceptors (Lipinski definition) is 5. The lowest BCUT2D eigenvalue weighted by Crippen LogP contribution is -2.32. The molecular formula is C13H18N2O4S. The van der Waals surface area contributed by atoms with Crippen LogP contribution in [0.4, 0.5) is 5.69 Å². The molecule has 0 aromatic heterocycles. The molecule has 0 spiro atoms.